The summed E-state index contributed by atoms with van der Waals surface area (Å²) < 4.78 is 0. The molecule has 2 aromatic heterocycles. The Morgan fingerprint density at radius 3 is 2.71 bits per heavy atom. The summed E-state index contributed by atoms with van der Waals surface area (Å²) in [7, 11) is 0. The van der Waals surface area contributed by atoms with Crippen molar-refractivity contribution in [3.05, 3.63) is 72.6 Å². The molecule has 5 aliphatic rings. The van der Waals surface area contributed by atoms with Crippen molar-refractivity contribution in [3.63, 3.8) is 0 Å². The van der Waals surface area contributed by atoms with E-state index in [2.05, 4.69) is 75.5 Å². The van der Waals surface area contributed by atoms with E-state index in [1.165, 1.54) is 55.0 Å². The molecule has 214 valence electrons. The van der Waals surface area contributed by atoms with Crippen LogP contribution >= 0.6 is 0 Å². The summed E-state index contributed by atoms with van der Waals surface area (Å²) in [6, 6.07) is 11.3. The van der Waals surface area contributed by atoms with Gasteiger partial charge in [0.15, 0.2) is 0 Å². The number of pyridine rings is 1. The third-order valence-electron chi connectivity index (χ3n) is 11.2. The molecule has 41 heavy (non-hydrogen) atoms. The van der Waals surface area contributed by atoms with Gasteiger partial charge in [-0.3, -0.25) is 9.88 Å². The maximum atomic E-state index is 13.1. The van der Waals surface area contributed by atoms with Crippen molar-refractivity contribution < 1.29 is 5.11 Å². The zero-order valence-electron chi connectivity index (χ0n) is 24.3. The molecule has 3 bridgehead atoms. The Morgan fingerprint density at radius 2 is 1.76 bits per heavy atom. The lowest BCUT2D eigenvalue weighted by Crippen LogP contribution is -2.65. The molecule has 6 heterocycles. The Hall–Kier alpha value is -2.73. The van der Waals surface area contributed by atoms with E-state index in [4.69, 9.17) is 4.98 Å². The van der Waals surface area contributed by atoms with Crippen LogP contribution in [-0.2, 0) is 0 Å². The van der Waals surface area contributed by atoms with Gasteiger partial charge < -0.3 is 15.0 Å². The van der Waals surface area contributed by atoms with E-state index in [0.29, 0.717) is 12.0 Å². The van der Waals surface area contributed by atoms with Crippen molar-refractivity contribution in [2.45, 2.75) is 81.9 Å². The Labute approximate surface area is 244 Å². The Bertz CT molecular complexity index is 1530. The molecule has 1 unspecified atom stereocenters. The van der Waals surface area contributed by atoms with Crippen LogP contribution in [0.4, 0.5) is 0 Å². The minimum atomic E-state index is -0.898. The molecule has 0 amide bonds. The first-order valence-electron chi connectivity index (χ1n) is 16.3. The lowest BCUT2D eigenvalue weighted by molar-refractivity contribution is -0.0894. The SMILES string of the molecule is O[C@]12C=C(c3nccc4c3[nH]c3ccccc34)[C@@H]3CCN(CCCC/C=C\CC1)C[C@@]31C[C@@H]3/C=C\CCCCN3[C@@H]12. The maximum Gasteiger partial charge on any atom is 0.0998 e. The predicted molar refractivity (Wildman–Crippen MR) is 168 cm³/mol. The number of rotatable bonds is 1. The normalized spacial score (nSPS) is 37.6. The molecule has 2 fully saturated rings. The Kier molecular flexibility index (Phi) is 6.46. The number of fused-ring (bicyclic) bond motifs is 5. The summed E-state index contributed by atoms with van der Waals surface area (Å²) in [5, 5.41) is 15.5. The van der Waals surface area contributed by atoms with E-state index in [9.17, 15) is 5.11 Å². The van der Waals surface area contributed by atoms with Gasteiger partial charge in [0, 0.05) is 40.5 Å². The van der Waals surface area contributed by atoms with Crippen molar-refractivity contribution >= 4 is 27.4 Å². The number of aliphatic hydroxyl groups is 1. The highest BCUT2D eigenvalue weighted by Gasteiger charge is 2.65. The van der Waals surface area contributed by atoms with E-state index in [1.807, 2.05) is 6.20 Å². The van der Waals surface area contributed by atoms with Crippen LogP contribution in [0.5, 0.6) is 0 Å². The first-order chi connectivity index (χ1) is 20.2. The van der Waals surface area contributed by atoms with Gasteiger partial charge >= 0.3 is 0 Å². The van der Waals surface area contributed by atoms with Crippen molar-refractivity contribution in [1.29, 1.82) is 0 Å². The fraction of sp³-hybridized carbons (Fsp3) is 0.528. The lowest BCUT2D eigenvalue weighted by Gasteiger charge is -2.58. The minimum Gasteiger partial charge on any atom is -0.384 e. The highest BCUT2D eigenvalue weighted by atomic mass is 16.3. The molecule has 3 aromatic rings. The van der Waals surface area contributed by atoms with Gasteiger partial charge in [-0.25, -0.2) is 0 Å². The van der Waals surface area contributed by atoms with Crippen LogP contribution in [0.25, 0.3) is 27.4 Å². The van der Waals surface area contributed by atoms with E-state index in [1.54, 1.807) is 0 Å². The summed E-state index contributed by atoms with van der Waals surface area (Å²) in [5.41, 5.74) is 3.74. The minimum absolute atomic E-state index is 0.00403. The quantitative estimate of drug-likeness (QED) is 0.326. The van der Waals surface area contributed by atoms with Gasteiger partial charge in [0.2, 0.25) is 0 Å². The van der Waals surface area contributed by atoms with Crippen LogP contribution in [0.15, 0.2) is 66.9 Å². The molecule has 1 aromatic carbocycles. The van der Waals surface area contributed by atoms with E-state index < -0.39 is 5.60 Å². The topological polar surface area (TPSA) is 55.4 Å². The third kappa shape index (κ3) is 4.18. The Morgan fingerprint density at radius 1 is 0.902 bits per heavy atom. The molecule has 4 aliphatic heterocycles. The fourth-order valence-electron chi connectivity index (χ4n) is 9.59. The molecule has 6 atom stereocenters. The van der Waals surface area contributed by atoms with Crippen molar-refractivity contribution in [3.8, 4) is 0 Å². The largest absolute Gasteiger partial charge is 0.384 e. The van der Waals surface area contributed by atoms with Crippen LogP contribution in [-0.4, -0.2) is 68.7 Å². The molecule has 5 nitrogen and oxygen atoms in total. The van der Waals surface area contributed by atoms with Gasteiger partial charge in [0.1, 0.15) is 0 Å². The maximum absolute atomic E-state index is 13.1. The molecular weight excluding hydrogens is 504 g/mol. The number of nitrogens with one attached hydrogen (secondary N) is 1. The summed E-state index contributed by atoms with van der Waals surface area (Å²) in [6.45, 7) is 4.47. The molecule has 0 saturated carbocycles. The zero-order valence-corrected chi connectivity index (χ0v) is 24.3. The molecule has 0 radical (unpaired) electrons. The van der Waals surface area contributed by atoms with E-state index >= 15 is 0 Å². The lowest BCUT2D eigenvalue weighted by atomic mass is 9.54. The van der Waals surface area contributed by atoms with Crippen molar-refractivity contribution in [2.75, 3.05) is 26.2 Å². The number of aromatic nitrogens is 2. The number of hydrogen-bond donors (Lipinski definition) is 2. The summed E-state index contributed by atoms with van der Waals surface area (Å²) >= 11 is 0. The highest BCUT2D eigenvalue weighted by Crippen LogP contribution is 2.61. The average Bonchev–Trinajstić information content (AvgIpc) is 3.49. The molecule has 1 spiro atoms. The monoisotopic (exact) mass is 548 g/mol. The fourth-order valence-corrected chi connectivity index (χ4v) is 9.59. The van der Waals surface area contributed by atoms with Gasteiger partial charge in [-0.05, 0) is 114 Å². The number of nitrogens with zero attached hydrogens (tertiary/aromatic N) is 3. The van der Waals surface area contributed by atoms with Gasteiger partial charge in [-0.15, -0.1) is 0 Å². The van der Waals surface area contributed by atoms with Crippen LogP contribution in [0.1, 0.15) is 69.9 Å². The zero-order chi connectivity index (χ0) is 27.4. The number of para-hydroxylation sites is 1. The number of benzene rings is 1. The number of hydrogen-bond acceptors (Lipinski definition) is 4. The van der Waals surface area contributed by atoms with Crippen LogP contribution in [0.2, 0.25) is 0 Å². The number of H-pyrrole nitrogens is 1. The van der Waals surface area contributed by atoms with E-state index in [0.717, 1.165) is 68.5 Å². The smallest absolute Gasteiger partial charge is 0.0998 e. The van der Waals surface area contributed by atoms with Gasteiger partial charge in [-0.2, -0.15) is 0 Å². The van der Waals surface area contributed by atoms with Crippen molar-refractivity contribution in [2.24, 2.45) is 11.3 Å². The molecule has 8 rings (SSSR count). The average molecular weight is 549 g/mol. The van der Waals surface area contributed by atoms with Gasteiger partial charge in [0.05, 0.1) is 22.9 Å². The first kappa shape index (κ1) is 25.9. The molecular formula is C36H44N4O. The number of aromatic amines is 1. The second-order valence-electron chi connectivity index (χ2n) is 13.5. The molecule has 2 N–H and O–H groups in total. The number of piperidine rings is 1. The van der Waals surface area contributed by atoms with Crippen LogP contribution in [0, 0.1) is 11.3 Å². The van der Waals surface area contributed by atoms with Crippen LogP contribution < -0.4 is 0 Å². The standard InChI is InChI=1S/C36H44N4O/c41-36-18-10-4-1-2-5-11-20-39-22-17-30(35(25-39)23-26-13-7-3-6-12-21-40(26)34(35)36)29(24-36)32-33-28(16-19-37-32)27-14-8-9-15-31(27)38-33/h1,4,7-9,13-16,19,24,26,30,34,38,41H,2-3,5-6,10-12,17-18,20-23,25H2/b4-1-,13-7-/t26-,30-,34-,35-,36-/m0/s1. The Balaban J connectivity index is 1.35. The van der Waals surface area contributed by atoms with Crippen LogP contribution in [0.3, 0.4) is 0 Å². The number of allylic oxidation sites excluding steroid dienone is 4. The first-order valence-corrected chi connectivity index (χ1v) is 16.3. The summed E-state index contributed by atoms with van der Waals surface area (Å²) in [4.78, 5) is 14.4. The third-order valence-corrected chi connectivity index (χ3v) is 11.2. The summed E-state index contributed by atoms with van der Waals surface area (Å²) in [6.07, 6.45) is 25.2. The molecule has 1 aliphatic carbocycles. The highest BCUT2D eigenvalue weighted by molar-refractivity contribution is 6.09. The van der Waals surface area contributed by atoms with Crippen molar-refractivity contribution in [1.82, 2.24) is 19.8 Å². The summed E-state index contributed by atoms with van der Waals surface area (Å²) in [5.74, 6) is 0.385. The van der Waals surface area contributed by atoms with Gasteiger partial charge in [-0.1, -0.05) is 42.5 Å². The van der Waals surface area contributed by atoms with E-state index in [-0.39, 0.29) is 11.5 Å². The predicted octanol–water partition coefficient (Wildman–Crippen LogP) is 6.86. The molecule has 5 heteroatoms. The second kappa shape index (κ2) is 10.2. The molecule has 2 saturated heterocycles. The van der Waals surface area contributed by atoms with Gasteiger partial charge in [0.25, 0.3) is 0 Å². The second-order valence-corrected chi connectivity index (χ2v) is 13.5.